The van der Waals surface area contributed by atoms with Gasteiger partial charge in [0.2, 0.25) is 0 Å². The zero-order valence-corrected chi connectivity index (χ0v) is 10.5. The molecule has 0 saturated carbocycles. The first-order valence-electron chi connectivity index (χ1n) is 3.34. The molecule has 1 rings (SSSR count). The van der Waals surface area contributed by atoms with Gasteiger partial charge in [-0.2, -0.15) is 0 Å². The van der Waals surface area contributed by atoms with Crippen molar-refractivity contribution in [2.45, 2.75) is 0 Å². The van der Waals surface area contributed by atoms with E-state index in [1.807, 2.05) is 47.1 Å². The lowest BCUT2D eigenvalue weighted by atomic mass is 10.1. The summed E-state index contributed by atoms with van der Waals surface area (Å²) in [5, 5.41) is 0. The topological polar surface area (TPSA) is 29.1 Å². The predicted octanol–water partition coefficient (Wildman–Crippen LogP) is 3.07. The molecule has 1 N–H and O–H groups in total. The minimum absolute atomic E-state index is 0.162. The van der Waals surface area contributed by atoms with Gasteiger partial charge in [-0.25, -0.2) is 0 Å². The van der Waals surface area contributed by atoms with Crippen molar-refractivity contribution in [1.82, 2.24) is 0 Å². The average molecular weight is 387 g/mol. The number of anilines is 1. The second-order valence-electron chi connectivity index (χ2n) is 2.20. The zero-order valence-electron chi connectivity index (χ0n) is 6.18. The number of benzene rings is 1. The van der Waals surface area contributed by atoms with Gasteiger partial charge in [0.05, 0.1) is 33.0 Å². The molecule has 0 radical (unpaired) electrons. The third-order valence-corrected chi connectivity index (χ3v) is 2.72. The van der Waals surface area contributed by atoms with Gasteiger partial charge in [0, 0.05) is 5.56 Å². The summed E-state index contributed by atoms with van der Waals surface area (Å²) in [5.74, 6) is 0.162. The highest BCUT2D eigenvalue weighted by Crippen LogP contribution is 2.17. The SMILES string of the molecule is O=C(CI)c1ccccc1NI. The molecule has 0 aliphatic heterocycles. The molecule has 0 atom stereocenters. The largest absolute Gasteiger partial charge is 0.328 e. The van der Waals surface area contributed by atoms with Crippen LogP contribution in [0.2, 0.25) is 0 Å². The Morgan fingerprint density at radius 2 is 2.08 bits per heavy atom. The lowest BCUT2D eigenvalue weighted by Crippen LogP contribution is -2.02. The first-order valence-corrected chi connectivity index (χ1v) is 5.95. The summed E-state index contributed by atoms with van der Waals surface area (Å²) in [6.07, 6.45) is 0. The smallest absolute Gasteiger partial charge is 0.174 e. The number of hydrogen-bond acceptors (Lipinski definition) is 2. The maximum absolute atomic E-state index is 11.3. The second kappa shape index (κ2) is 5.00. The third kappa shape index (κ3) is 2.32. The van der Waals surface area contributed by atoms with Crippen molar-refractivity contribution >= 4 is 56.9 Å². The molecular formula is C8H7I2NO. The van der Waals surface area contributed by atoms with Crippen LogP contribution in [-0.4, -0.2) is 10.2 Å². The fourth-order valence-electron chi connectivity index (χ4n) is 0.881. The van der Waals surface area contributed by atoms with Crippen LogP contribution in [0.3, 0.4) is 0 Å². The Morgan fingerprint density at radius 1 is 1.42 bits per heavy atom. The highest BCUT2D eigenvalue weighted by Gasteiger charge is 2.07. The lowest BCUT2D eigenvalue weighted by Gasteiger charge is -2.03. The minimum atomic E-state index is 0.162. The van der Waals surface area contributed by atoms with Crippen molar-refractivity contribution in [3.05, 3.63) is 29.8 Å². The Balaban J connectivity index is 3.04. The monoisotopic (exact) mass is 387 g/mol. The van der Waals surface area contributed by atoms with Crippen LogP contribution in [0.15, 0.2) is 24.3 Å². The number of para-hydroxylation sites is 1. The van der Waals surface area contributed by atoms with Gasteiger partial charge in [-0.05, 0) is 12.1 Å². The van der Waals surface area contributed by atoms with E-state index < -0.39 is 0 Å². The Labute approximate surface area is 98.8 Å². The Bertz CT molecular complexity index is 288. The highest BCUT2D eigenvalue weighted by molar-refractivity contribution is 14.1. The van der Waals surface area contributed by atoms with Gasteiger partial charge in [0.15, 0.2) is 5.78 Å². The average Bonchev–Trinajstić information content (AvgIpc) is 2.16. The van der Waals surface area contributed by atoms with Crippen molar-refractivity contribution in [1.29, 1.82) is 0 Å². The van der Waals surface area contributed by atoms with E-state index in [9.17, 15) is 4.79 Å². The number of hydrogen-bond donors (Lipinski definition) is 1. The summed E-state index contributed by atoms with van der Waals surface area (Å²) in [5.41, 5.74) is 1.65. The molecule has 0 aliphatic rings. The van der Waals surface area contributed by atoms with Crippen LogP contribution >= 0.6 is 45.5 Å². The van der Waals surface area contributed by atoms with Gasteiger partial charge in [-0.15, -0.1) is 0 Å². The molecule has 0 fully saturated rings. The summed E-state index contributed by atoms with van der Waals surface area (Å²) in [6.45, 7) is 0. The van der Waals surface area contributed by atoms with E-state index in [0.717, 1.165) is 11.3 Å². The van der Waals surface area contributed by atoms with E-state index >= 15 is 0 Å². The van der Waals surface area contributed by atoms with Crippen LogP contribution in [-0.2, 0) is 0 Å². The number of alkyl halides is 1. The molecule has 2 nitrogen and oxygen atoms in total. The Kier molecular flexibility index (Phi) is 4.27. The van der Waals surface area contributed by atoms with Gasteiger partial charge in [0.25, 0.3) is 0 Å². The molecule has 0 heterocycles. The van der Waals surface area contributed by atoms with Crippen LogP contribution in [0.1, 0.15) is 10.4 Å². The molecule has 0 spiro atoms. The van der Waals surface area contributed by atoms with Crippen molar-refractivity contribution in [2.75, 3.05) is 7.96 Å². The molecule has 1 aromatic carbocycles. The van der Waals surface area contributed by atoms with Gasteiger partial charge in [-0.1, -0.05) is 34.7 Å². The van der Waals surface area contributed by atoms with E-state index in [-0.39, 0.29) is 5.78 Å². The summed E-state index contributed by atoms with van der Waals surface area (Å²) >= 11 is 4.09. The number of carbonyl (C=O) groups is 1. The molecule has 64 valence electrons. The lowest BCUT2D eigenvalue weighted by molar-refractivity contribution is 0.102. The van der Waals surface area contributed by atoms with Crippen LogP contribution in [0, 0.1) is 0 Å². The van der Waals surface area contributed by atoms with Crippen LogP contribution in [0.4, 0.5) is 5.69 Å². The van der Waals surface area contributed by atoms with Crippen molar-refractivity contribution in [3.63, 3.8) is 0 Å². The number of ketones is 1. The van der Waals surface area contributed by atoms with E-state index in [1.165, 1.54) is 0 Å². The molecular weight excluding hydrogens is 380 g/mol. The van der Waals surface area contributed by atoms with E-state index in [1.54, 1.807) is 0 Å². The molecule has 0 amide bonds. The first kappa shape index (κ1) is 10.2. The summed E-state index contributed by atoms with van der Waals surface area (Å²) in [4.78, 5) is 11.3. The van der Waals surface area contributed by atoms with Crippen molar-refractivity contribution in [3.8, 4) is 0 Å². The Morgan fingerprint density at radius 3 is 2.67 bits per heavy atom. The fourth-order valence-corrected chi connectivity index (χ4v) is 1.76. The number of rotatable bonds is 3. The third-order valence-electron chi connectivity index (χ3n) is 1.45. The highest BCUT2D eigenvalue weighted by atomic mass is 127. The maximum Gasteiger partial charge on any atom is 0.174 e. The zero-order chi connectivity index (χ0) is 8.97. The van der Waals surface area contributed by atoms with Crippen LogP contribution in [0.5, 0.6) is 0 Å². The molecule has 0 bridgehead atoms. The quantitative estimate of drug-likeness (QED) is 0.374. The first-order chi connectivity index (χ1) is 5.79. The number of nitrogens with one attached hydrogen (secondary N) is 1. The fraction of sp³-hybridized carbons (Fsp3) is 0.125. The number of Topliss-reactive ketones (excluding diaryl/α,β-unsaturated/α-hetero) is 1. The normalized spacial score (nSPS) is 9.50. The molecule has 1 aromatic rings. The van der Waals surface area contributed by atoms with Crippen molar-refractivity contribution in [2.24, 2.45) is 0 Å². The number of halogens is 2. The molecule has 12 heavy (non-hydrogen) atoms. The van der Waals surface area contributed by atoms with Gasteiger partial charge in [-0.3, -0.25) is 4.79 Å². The predicted molar refractivity (Wildman–Crippen MR) is 67.3 cm³/mol. The van der Waals surface area contributed by atoms with Crippen LogP contribution in [0.25, 0.3) is 0 Å². The molecule has 0 aliphatic carbocycles. The van der Waals surface area contributed by atoms with Gasteiger partial charge in [0.1, 0.15) is 0 Å². The van der Waals surface area contributed by atoms with Crippen LogP contribution < -0.4 is 3.53 Å². The number of carbonyl (C=O) groups excluding carboxylic acids is 1. The maximum atomic E-state index is 11.3. The molecule has 0 unspecified atom stereocenters. The van der Waals surface area contributed by atoms with E-state index in [4.69, 9.17) is 0 Å². The Hall–Kier alpha value is 0.150. The second-order valence-corrected chi connectivity index (χ2v) is 3.50. The molecule has 4 heteroatoms. The summed E-state index contributed by atoms with van der Waals surface area (Å²) < 4.78 is 3.48. The van der Waals surface area contributed by atoms with E-state index in [2.05, 4.69) is 26.1 Å². The summed E-state index contributed by atoms with van der Waals surface area (Å²) in [6, 6.07) is 7.51. The molecule has 0 saturated heterocycles. The van der Waals surface area contributed by atoms with Crippen molar-refractivity contribution < 1.29 is 4.79 Å². The molecule has 0 aromatic heterocycles. The van der Waals surface area contributed by atoms with E-state index in [0.29, 0.717) is 4.43 Å². The van der Waals surface area contributed by atoms with Gasteiger partial charge >= 0.3 is 0 Å². The standard InChI is InChI=1S/C8H7I2NO/c9-5-8(12)6-3-1-2-4-7(6)11-10/h1-4,11H,5H2. The summed E-state index contributed by atoms with van der Waals surface area (Å²) in [7, 11) is 0. The minimum Gasteiger partial charge on any atom is -0.328 e. The van der Waals surface area contributed by atoms with Gasteiger partial charge < -0.3 is 3.53 Å².